The van der Waals surface area contributed by atoms with Gasteiger partial charge in [-0.25, -0.2) is 15.0 Å². The summed E-state index contributed by atoms with van der Waals surface area (Å²) in [6, 6.07) is 0. The van der Waals surface area contributed by atoms with Crippen LogP contribution in [0, 0.1) is 5.92 Å². The van der Waals surface area contributed by atoms with Crippen LogP contribution in [0.2, 0.25) is 0 Å². The van der Waals surface area contributed by atoms with Crippen LogP contribution in [0.3, 0.4) is 0 Å². The van der Waals surface area contributed by atoms with E-state index in [9.17, 15) is 0 Å². The van der Waals surface area contributed by atoms with Gasteiger partial charge in [-0.1, -0.05) is 6.92 Å². The number of aliphatic hydroxyl groups excluding tert-OH is 1. The van der Waals surface area contributed by atoms with Gasteiger partial charge in [0.1, 0.15) is 18.1 Å². The predicted molar refractivity (Wildman–Crippen MR) is 65.0 cm³/mol. The molecule has 0 bridgehead atoms. The molecular formula is C11H15N5O2. The minimum absolute atomic E-state index is 0.0427. The van der Waals surface area contributed by atoms with Gasteiger partial charge in [-0.05, 0) is 0 Å². The van der Waals surface area contributed by atoms with Crippen molar-refractivity contribution in [3.63, 3.8) is 0 Å². The first kappa shape index (κ1) is 11.4. The van der Waals surface area contributed by atoms with Crippen LogP contribution < -0.4 is 5.32 Å². The van der Waals surface area contributed by atoms with Crippen molar-refractivity contribution in [1.82, 2.24) is 19.5 Å². The molecule has 3 atom stereocenters. The molecule has 0 amide bonds. The number of hydrogen-bond donors (Lipinski definition) is 2. The number of imidazole rings is 1. The highest BCUT2D eigenvalue weighted by Crippen LogP contribution is 2.38. The standard InChI is InChI=1S/C11H15N5O2/c1-6-7(3-17)18-11(6)16-5-15-8-9(12-2)13-4-14-10(8)16/h4-7,11,17H,3H2,1-2H3,(H,12,13,14)/t6-,7+,11+/m0/s1. The molecule has 0 aromatic carbocycles. The van der Waals surface area contributed by atoms with Crippen molar-refractivity contribution >= 4 is 17.0 Å². The number of anilines is 1. The van der Waals surface area contributed by atoms with E-state index in [1.54, 1.807) is 13.4 Å². The Bertz CT molecular complexity index is 570. The summed E-state index contributed by atoms with van der Waals surface area (Å²) in [6.45, 7) is 2.09. The Morgan fingerprint density at radius 2 is 2.28 bits per heavy atom. The van der Waals surface area contributed by atoms with Gasteiger partial charge < -0.3 is 15.2 Å². The molecule has 2 aromatic rings. The molecule has 0 radical (unpaired) electrons. The van der Waals surface area contributed by atoms with E-state index in [0.717, 1.165) is 11.2 Å². The average Bonchev–Trinajstić information content (AvgIpc) is 2.81. The Kier molecular flexibility index (Phi) is 2.64. The quantitative estimate of drug-likeness (QED) is 0.818. The SMILES string of the molecule is CNc1ncnc2c1ncn2[C@@H]1O[C@H](CO)[C@@H]1C. The Labute approximate surface area is 104 Å². The normalized spacial score (nSPS) is 27.2. The van der Waals surface area contributed by atoms with Gasteiger partial charge in [0.05, 0.1) is 19.0 Å². The highest BCUT2D eigenvalue weighted by atomic mass is 16.5. The lowest BCUT2D eigenvalue weighted by atomic mass is 9.97. The number of fused-ring (bicyclic) bond motifs is 1. The molecule has 7 nitrogen and oxygen atoms in total. The summed E-state index contributed by atoms with van der Waals surface area (Å²) in [5.41, 5.74) is 1.46. The van der Waals surface area contributed by atoms with Crippen molar-refractivity contribution in [2.75, 3.05) is 19.0 Å². The Hall–Kier alpha value is -1.73. The third kappa shape index (κ3) is 1.48. The maximum Gasteiger partial charge on any atom is 0.167 e. The highest BCUT2D eigenvalue weighted by molar-refractivity contribution is 5.82. The van der Waals surface area contributed by atoms with Gasteiger partial charge in [-0.2, -0.15) is 0 Å². The molecule has 2 aromatic heterocycles. The van der Waals surface area contributed by atoms with Crippen molar-refractivity contribution in [3.05, 3.63) is 12.7 Å². The van der Waals surface area contributed by atoms with Crippen LogP contribution >= 0.6 is 0 Å². The molecule has 1 aliphatic heterocycles. The molecule has 1 aliphatic rings. The van der Waals surface area contributed by atoms with Gasteiger partial charge in [0.2, 0.25) is 0 Å². The number of nitrogens with zero attached hydrogens (tertiary/aromatic N) is 4. The lowest BCUT2D eigenvalue weighted by molar-refractivity contribution is -0.227. The summed E-state index contributed by atoms with van der Waals surface area (Å²) >= 11 is 0. The Morgan fingerprint density at radius 3 is 2.94 bits per heavy atom. The molecule has 0 saturated carbocycles. The fourth-order valence-corrected chi connectivity index (χ4v) is 2.27. The minimum Gasteiger partial charge on any atom is -0.394 e. The molecule has 7 heteroatoms. The lowest BCUT2D eigenvalue weighted by Gasteiger charge is -2.42. The van der Waals surface area contributed by atoms with E-state index in [4.69, 9.17) is 9.84 Å². The van der Waals surface area contributed by atoms with E-state index in [2.05, 4.69) is 20.3 Å². The van der Waals surface area contributed by atoms with E-state index in [1.807, 2.05) is 11.5 Å². The van der Waals surface area contributed by atoms with E-state index in [1.165, 1.54) is 6.33 Å². The number of hydrogen-bond acceptors (Lipinski definition) is 6. The number of nitrogens with one attached hydrogen (secondary N) is 1. The summed E-state index contributed by atoms with van der Waals surface area (Å²) in [4.78, 5) is 12.7. The Balaban J connectivity index is 1.99. The third-order valence-electron chi connectivity index (χ3n) is 3.40. The van der Waals surface area contributed by atoms with Crippen LogP contribution in [0.4, 0.5) is 5.82 Å². The van der Waals surface area contributed by atoms with Crippen molar-refractivity contribution < 1.29 is 9.84 Å². The number of aliphatic hydroxyl groups is 1. The minimum atomic E-state index is -0.119. The maximum absolute atomic E-state index is 9.08. The summed E-state index contributed by atoms with van der Waals surface area (Å²) in [5, 5.41) is 12.1. The van der Waals surface area contributed by atoms with Gasteiger partial charge in [-0.15, -0.1) is 0 Å². The summed E-state index contributed by atoms with van der Waals surface area (Å²) in [6.07, 6.45) is 2.98. The molecule has 2 N–H and O–H groups in total. The Morgan fingerprint density at radius 1 is 1.44 bits per heavy atom. The molecule has 0 aliphatic carbocycles. The molecule has 18 heavy (non-hydrogen) atoms. The molecule has 0 spiro atoms. The van der Waals surface area contributed by atoms with Crippen LogP contribution in [0.25, 0.3) is 11.2 Å². The van der Waals surface area contributed by atoms with Crippen LogP contribution in [0.1, 0.15) is 13.2 Å². The molecular weight excluding hydrogens is 234 g/mol. The van der Waals surface area contributed by atoms with E-state index >= 15 is 0 Å². The molecule has 3 heterocycles. The average molecular weight is 249 g/mol. The molecule has 0 unspecified atom stereocenters. The van der Waals surface area contributed by atoms with Crippen LogP contribution in [0.15, 0.2) is 12.7 Å². The third-order valence-corrected chi connectivity index (χ3v) is 3.40. The summed E-state index contributed by atoms with van der Waals surface area (Å²) < 4.78 is 7.50. The van der Waals surface area contributed by atoms with Gasteiger partial charge in [0.15, 0.2) is 11.5 Å². The summed E-state index contributed by atoms with van der Waals surface area (Å²) in [7, 11) is 1.80. The fraction of sp³-hybridized carbons (Fsp3) is 0.545. The first-order valence-electron chi connectivity index (χ1n) is 5.88. The number of ether oxygens (including phenoxy) is 1. The number of rotatable bonds is 3. The highest BCUT2D eigenvalue weighted by Gasteiger charge is 2.40. The maximum atomic E-state index is 9.08. The van der Waals surface area contributed by atoms with Crippen molar-refractivity contribution in [2.45, 2.75) is 19.3 Å². The second-order valence-electron chi connectivity index (χ2n) is 4.40. The monoisotopic (exact) mass is 249 g/mol. The van der Waals surface area contributed by atoms with E-state index in [0.29, 0.717) is 5.82 Å². The zero-order chi connectivity index (χ0) is 12.7. The topological polar surface area (TPSA) is 85.1 Å². The first-order chi connectivity index (χ1) is 8.76. The van der Waals surface area contributed by atoms with Gasteiger partial charge in [-0.3, -0.25) is 4.57 Å². The van der Waals surface area contributed by atoms with Gasteiger partial charge in [0, 0.05) is 13.0 Å². The van der Waals surface area contributed by atoms with E-state index in [-0.39, 0.29) is 24.9 Å². The molecule has 96 valence electrons. The zero-order valence-corrected chi connectivity index (χ0v) is 10.2. The van der Waals surface area contributed by atoms with Crippen LogP contribution in [0.5, 0.6) is 0 Å². The first-order valence-corrected chi connectivity index (χ1v) is 5.88. The lowest BCUT2D eigenvalue weighted by Crippen LogP contribution is -2.45. The van der Waals surface area contributed by atoms with Gasteiger partial charge in [0.25, 0.3) is 0 Å². The largest absolute Gasteiger partial charge is 0.394 e. The van der Waals surface area contributed by atoms with Crippen molar-refractivity contribution in [3.8, 4) is 0 Å². The molecule has 1 saturated heterocycles. The van der Waals surface area contributed by atoms with Crippen LogP contribution in [-0.2, 0) is 4.74 Å². The second kappa shape index (κ2) is 4.18. The summed E-state index contributed by atoms with van der Waals surface area (Å²) in [5.74, 6) is 0.935. The van der Waals surface area contributed by atoms with Crippen LogP contribution in [-0.4, -0.2) is 44.4 Å². The van der Waals surface area contributed by atoms with Crippen molar-refractivity contribution in [1.29, 1.82) is 0 Å². The van der Waals surface area contributed by atoms with Gasteiger partial charge >= 0.3 is 0 Å². The number of aromatic nitrogens is 4. The predicted octanol–water partition coefficient (Wildman–Crippen LogP) is 0.394. The molecule has 3 rings (SSSR count). The van der Waals surface area contributed by atoms with E-state index < -0.39 is 0 Å². The molecule has 1 fully saturated rings. The second-order valence-corrected chi connectivity index (χ2v) is 4.40. The zero-order valence-electron chi connectivity index (χ0n) is 10.2. The fourth-order valence-electron chi connectivity index (χ4n) is 2.27. The van der Waals surface area contributed by atoms with Crippen molar-refractivity contribution in [2.24, 2.45) is 5.92 Å². The smallest absolute Gasteiger partial charge is 0.167 e.